The predicted molar refractivity (Wildman–Crippen MR) is 97.2 cm³/mol. The largest absolute Gasteiger partial charge is 0.356 e. The third-order valence-electron chi connectivity index (χ3n) is 5.06. The number of carbonyl (C=O) groups excluding carboxylic acids is 1. The van der Waals surface area contributed by atoms with E-state index in [0.29, 0.717) is 24.4 Å². The van der Waals surface area contributed by atoms with E-state index in [1.165, 1.54) is 42.4 Å². The molecule has 2 bridgehead atoms. The monoisotopic (exact) mass is 336 g/mol. The van der Waals surface area contributed by atoms with Crippen molar-refractivity contribution in [1.29, 1.82) is 0 Å². The average molecular weight is 337 g/mol. The van der Waals surface area contributed by atoms with E-state index >= 15 is 0 Å². The van der Waals surface area contributed by atoms with E-state index in [1.54, 1.807) is 0 Å². The van der Waals surface area contributed by atoms with E-state index in [1.807, 2.05) is 0 Å². The molecule has 0 aromatic heterocycles. The van der Waals surface area contributed by atoms with Crippen LogP contribution >= 0.6 is 12.4 Å². The van der Waals surface area contributed by atoms with Gasteiger partial charge in [0, 0.05) is 25.0 Å². The highest BCUT2D eigenvalue weighted by Gasteiger charge is 2.33. The Morgan fingerprint density at radius 2 is 1.74 bits per heavy atom. The standard InChI is InChI=1S/C19H28N2O.ClH/c1-13-7-14(2)9-15(8-13)5-6-20-19(22)12-16-10-17-3-4-18(11-16)21-17;/h7-9,16-18,21H,3-6,10-12H2,1-2H3,(H,20,22);1H. The van der Waals surface area contributed by atoms with Gasteiger partial charge in [-0.3, -0.25) is 4.79 Å². The number of halogens is 1. The van der Waals surface area contributed by atoms with Crippen LogP contribution in [0, 0.1) is 19.8 Å². The van der Waals surface area contributed by atoms with Gasteiger partial charge >= 0.3 is 0 Å². The lowest BCUT2D eigenvalue weighted by atomic mass is 9.89. The Labute approximate surface area is 146 Å². The lowest BCUT2D eigenvalue weighted by Crippen LogP contribution is -2.39. The summed E-state index contributed by atoms with van der Waals surface area (Å²) in [7, 11) is 0. The van der Waals surface area contributed by atoms with Crippen molar-refractivity contribution in [3.05, 3.63) is 34.9 Å². The number of carbonyl (C=O) groups is 1. The Balaban J connectivity index is 0.00000192. The SMILES string of the molecule is Cc1cc(C)cc(CCNC(=O)CC2CC3CCC(C2)N3)c1.Cl. The van der Waals surface area contributed by atoms with Crippen LogP contribution in [0.1, 0.15) is 48.8 Å². The molecular weight excluding hydrogens is 308 g/mol. The molecule has 23 heavy (non-hydrogen) atoms. The maximum absolute atomic E-state index is 12.1. The molecule has 0 saturated carbocycles. The maximum atomic E-state index is 12.1. The van der Waals surface area contributed by atoms with E-state index < -0.39 is 0 Å². The van der Waals surface area contributed by atoms with E-state index in [-0.39, 0.29) is 18.3 Å². The quantitative estimate of drug-likeness (QED) is 0.866. The third-order valence-corrected chi connectivity index (χ3v) is 5.06. The molecule has 2 unspecified atom stereocenters. The smallest absolute Gasteiger partial charge is 0.220 e. The lowest BCUT2D eigenvalue weighted by molar-refractivity contribution is -0.122. The number of fused-ring (bicyclic) bond motifs is 2. The zero-order chi connectivity index (χ0) is 15.5. The summed E-state index contributed by atoms with van der Waals surface area (Å²) >= 11 is 0. The van der Waals surface area contributed by atoms with Gasteiger partial charge in [-0.2, -0.15) is 0 Å². The summed E-state index contributed by atoms with van der Waals surface area (Å²) in [5.41, 5.74) is 3.91. The molecule has 1 amide bonds. The molecule has 4 heteroatoms. The fourth-order valence-electron chi connectivity index (χ4n) is 4.24. The van der Waals surface area contributed by atoms with Crippen molar-refractivity contribution in [2.24, 2.45) is 5.92 Å². The highest BCUT2D eigenvalue weighted by Crippen LogP contribution is 2.32. The first-order chi connectivity index (χ1) is 10.6. The highest BCUT2D eigenvalue weighted by atomic mass is 35.5. The molecule has 1 aromatic carbocycles. The van der Waals surface area contributed by atoms with Crippen LogP contribution in [0.4, 0.5) is 0 Å². The Kier molecular flexibility index (Phi) is 6.49. The average Bonchev–Trinajstić information content (AvgIpc) is 2.77. The summed E-state index contributed by atoms with van der Waals surface area (Å²) in [6.45, 7) is 5.00. The van der Waals surface area contributed by atoms with Gasteiger partial charge < -0.3 is 10.6 Å². The van der Waals surface area contributed by atoms with Gasteiger partial charge in [0.2, 0.25) is 5.91 Å². The molecule has 2 aliphatic heterocycles. The van der Waals surface area contributed by atoms with Crippen LogP contribution in [-0.4, -0.2) is 24.5 Å². The van der Waals surface area contributed by atoms with Gasteiger partial charge in [-0.15, -0.1) is 12.4 Å². The summed E-state index contributed by atoms with van der Waals surface area (Å²) in [6.07, 6.45) is 6.60. The molecule has 0 spiro atoms. The van der Waals surface area contributed by atoms with E-state index in [2.05, 4.69) is 42.7 Å². The molecule has 2 aliphatic rings. The Morgan fingerprint density at radius 3 is 2.35 bits per heavy atom. The molecular formula is C19H29ClN2O. The van der Waals surface area contributed by atoms with E-state index in [4.69, 9.17) is 0 Å². The molecule has 2 fully saturated rings. The minimum Gasteiger partial charge on any atom is -0.356 e. The van der Waals surface area contributed by atoms with Crippen molar-refractivity contribution in [3.8, 4) is 0 Å². The van der Waals surface area contributed by atoms with Gasteiger partial charge in [-0.1, -0.05) is 29.3 Å². The molecule has 3 nitrogen and oxygen atoms in total. The zero-order valence-corrected chi connectivity index (χ0v) is 15.0. The van der Waals surface area contributed by atoms with Crippen LogP contribution in [0.25, 0.3) is 0 Å². The fraction of sp³-hybridized carbons (Fsp3) is 0.632. The van der Waals surface area contributed by atoms with Crippen molar-refractivity contribution in [3.63, 3.8) is 0 Å². The summed E-state index contributed by atoms with van der Waals surface area (Å²) in [5, 5.41) is 6.75. The van der Waals surface area contributed by atoms with Crippen LogP contribution in [0.3, 0.4) is 0 Å². The van der Waals surface area contributed by atoms with E-state index in [9.17, 15) is 4.79 Å². The molecule has 128 valence electrons. The number of rotatable bonds is 5. The van der Waals surface area contributed by atoms with Crippen molar-refractivity contribution in [2.75, 3.05) is 6.54 Å². The molecule has 3 rings (SSSR count). The minimum atomic E-state index is 0. The Morgan fingerprint density at radius 1 is 1.13 bits per heavy atom. The van der Waals surface area contributed by atoms with Crippen molar-refractivity contribution >= 4 is 18.3 Å². The van der Waals surface area contributed by atoms with Crippen molar-refractivity contribution in [1.82, 2.24) is 10.6 Å². The maximum Gasteiger partial charge on any atom is 0.220 e. The molecule has 2 saturated heterocycles. The molecule has 2 atom stereocenters. The second-order valence-electron chi connectivity index (χ2n) is 7.28. The van der Waals surface area contributed by atoms with Crippen LogP contribution < -0.4 is 10.6 Å². The third kappa shape index (κ3) is 5.22. The second kappa shape index (κ2) is 8.16. The second-order valence-corrected chi connectivity index (χ2v) is 7.28. The summed E-state index contributed by atoms with van der Waals surface area (Å²) < 4.78 is 0. The van der Waals surface area contributed by atoms with Crippen LogP contribution in [0.2, 0.25) is 0 Å². The normalized spacial score (nSPS) is 25.7. The van der Waals surface area contributed by atoms with E-state index in [0.717, 1.165) is 13.0 Å². The molecule has 0 radical (unpaired) electrons. The Hall–Kier alpha value is -1.06. The van der Waals surface area contributed by atoms with Gasteiger partial charge in [0.05, 0.1) is 0 Å². The number of amides is 1. The number of hydrogen-bond acceptors (Lipinski definition) is 2. The van der Waals surface area contributed by atoms with Gasteiger partial charge in [-0.25, -0.2) is 0 Å². The van der Waals surface area contributed by atoms with Gasteiger partial charge in [0.25, 0.3) is 0 Å². The van der Waals surface area contributed by atoms with Gasteiger partial charge in [-0.05, 0) is 57.4 Å². The number of piperidine rings is 1. The number of aryl methyl sites for hydroxylation is 2. The van der Waals surface area contributed by atoms with Crippen LogP contribution in [0.5, 0.6) is 0 Å². The van der Waals surface area contributed by atoms with Crippen LogP contribution in [-0.2, 0) is 11.2 Å². The predicted octanol–water partition coefficient (Wildman–Crippen LogP) is 3.30. The molecule has 2 N–H and O–H groups in total. The Bertz CT molecular complexity index is 514. The number of nitrogens with one attached hydrogen (secondary N) is 2. The van der Waals surface area contributed by atoms with Crippen LogP contribution in [0.15, 0.2) is 18.2 Å². The summed E-state index contributed by atoms with van der Waals surface area (Å²) in [6, 6.07) is 7.96. The summed E-state index contributed by atoms with van der Waals surface area (Å²) in [5.74, 6) is 0.815. The fourth-order valence-corrected chi connectivity index (χ4v) is 4.24. The lowest BCUT2D eigenvalue weighted by Gasteiger charge is -2.28. The first kappa shape index (κ1) is 18.3. The summed E-state index contributed by atoms with van der Waals surface area (Å²) in [4.78, 5) is 12.1. The molecule has 1 aromatic rings. The number of hydrogen-bond donors (Lipinski definition) is 2. The molecule has 0 aliphatic carbocycles. The minimum absolute atomic E-state index is 0. The highest BCUT2D eigenvalue weighted by molar-refractivity contribution is 5.85. The molecule has 2 heterocycles. The zero-order valence-electron chi connectivity index (χ0n) is 14.2. The van der Waals surface area contributed by atoms with Gasteiger partial charge in [0.15, 0.2) is 0 Å². The first-order valence-corrected chi connectivity index (χ1v) is 8.68. The first-order valence-electron chi connectivity index (χ1n) is 8.68. The van der Waals surface area contributed by atoms with Crippen molar-refractivity contribution in [2.45, 2.75) is 64.5 Å². The van der Waals surface area contributed by atoms with Gasteiger partial charge in [0.1, 0.15) is 0 Å². The topological polar surface area (TPSA) is 41.1 Å². The number of benzene rings is 1. The van der Waals surface area contributed by atoms with Crippen molar-refractivity contribution < 1.29 is 4.79 Å².